The Morgan fingerprint density at radius 1 is 1.00 bits per heavy atom. The standard InChI is InChI=1S/C25H25N3O5S/c1-5-33-20-12-8-18(9-13-20)28-23(30)22-15(2)16(3)34-24(22)27(25(28)31)14-21(29)26-17-6-10-19(32-4)11-7-17/h6-13H,5,14H2,1-4H3,(H,26,29). The molecule has 0 aliphatic heterocycles. The Hall–Kier alpha value is -3.85. The maximum atomic E-state index is 13.5. The Morgan fingerprint density at radius 3 is 2.26 bits per heavy atom. The van der Waals surface area contributed by atoms with Gasteiger partial charge in [0.2, 0.25) is 5.91 Å². The molecule has 2 aromatic carbocycles. The van der Waals surface area contributed by atoms with Crippen molar-refractivity contribution in [2.75, 3.05) is 19.0 Å². The van der Waals surface area contributed by atoms with Gasteiger partial charge in [-0.1, -0.05) is 0 Å². The van der Waals surface area contributed by atoms with Crippen molar-refractivity contribution >= 4 is 33.1 Å². The summed E-state index contributed by atoms with van der Waals surface area (Å²) in [5, 5.41) is 3.24. The molecule has 2 aromatic heterocycles. The quantitative estimate of drug-likeness (QED) is 0.434. The zero-order valence-electron chi connectivity index (χ0n) is 19.4. The summed E-state index contributed by atoms with van der Waals surface area (Å²) < 4.78 is 13.1. The smallest absolute Gasteiger partial charge is 0.337 e. The van der Waals surface area contributed by atoms with E-state index in [4.69, 9.17) is 9.47 Å². The topological polar surface area (TPSA) is 91.6 Å². The fraction of sp³-hybridized carbons (Fsp3) is 0.240. The van der Waals surface area contributed by atoms with Crippen LogP contribution in [-0.2, 0) is 11.3 Å². The zero-order valence-corrected chi connectivity index (χ0v) is 20.2. The molecule has 34 heavy (non-hydrogen) atoms. The number of benzene rings is 2. The Morgan fingerprint density at radius 2 is 1.65 bits per heavy atom. The molecule has 0 atom stereocenters. The third kappa shape index (κ3) is 4.34. The number of aryl methyl sites for hydroxylation is 2. The summed E-state index contributed by atoms with van der Waals surface area (Å²) in [6.07, 6.45) is 0. The molecule has 1 amide bonds. The van der Waals surface area contributed by atoms with Crippen LogP contribution in [0.4, 0.5) is 5.69 Å². The number of thiophene rings is 1. The number of rotatable bonds is 7. The SMILES string of the molecule is CCOc1ccc(-n2c(=O)c3c(C)c(C)sc3n(CC(=O)Nc3ccc(OC)cc3)c2=O)cc1. The lowest BCUT2D eigenvalue weighted by atomic mass is 10.2. The third-order valence-corrected chi connectivity index (χ3v) is 6.76. The van der Waals surface area contributed by atoms with Gasteiger partial charge in [0.15, 0.2) is 0 Å². The highest BCUT2D eigenvalue weighted by Crippen LogP contribution is 2.27. The van der Waals surface area contributed by atoms with Gasteiger partial charge in [-0.15, -0.1) is 11.3 Å². The van der Waals surface area contributed by atoms with Gasteiger partial charge in [0.25, 0.3) is 5.56 Å². The van der Waals surface area contributed by atoms with Crippen molar-refractivity contribution in [3.63, 3.8) is 0 Å². The number of hydrogen-bond acceptors (Lipinski definition) is 6. The van der Waals surface area contributed by atoms with E-state index in [1.807, 2.05) is 20.8 Å². The molecular weight excluding hydrogens is 454 g/mol. The van der Waals surface area contributed by atoms with Gasteiger partial charge in [-0.25, -0.2) is 9.36 Å². The summed E-state index contributed by atoms with van der Waals surface area (Å²) >= 11 is 1.33. The Balaban J connectivity index is 1.79. The van der Waals surface area contributed by atoms with Crippen molar-refractivity contribution < 1.29 is 14.3 Å². The van der Waals surface area contributed by atoms with E-state index in [2.05, 4.69) is 5.32 Å². The van der Waals surface area contributed by atoms with Crippen LogP contribution in [0.2, 0.25) is 0 Å². The molecule has 1 N–H and O–H groups in total. The Labute approximate surface area is 200 Å². The first-order chi connectivity index (χ1) is 16.3. The van der Waals surface area contributed by atoms with E-state index in [0.717, 1.165) is 15.0 Å². The number of aromatic nitrogens is 2. The van der Waals surface area contributed by atoms with Gasteiger partial charge in [0, 0.05) is 10.6 Å². The molecule has 0 saturated heterocycles. The number of carbonyl (C=O) groups excluding carboxylic acids is 1. The van der Waals surface area contributed by atoms with E-state index in [0.29, 0.717) is 39.7 Å². The Bertz CT molecular complexity index is 1460. The maximum absolute atomic E-state index is 13.5. The monoisotopic (exact) mass is 479 g/mol. The second-order valence-electron chi connectivity index (χ2n) is 7.68. The maximum Gasteiger partial charge on any atom is 0.337 e. The molecular formula is C25H25N3O5S. The van der Waals surface area contributed by atoms with Crippen LogP contribution in [0.15, 0.2) is 58.1 Å². The number of nitrogens with zero attached hydrogens (tertiary/aromatic N) is 2. The number of hydrogen-bond donors (Lipinski definition) is 1. The predicted octanol–water partition coefficient (Wildman–Crippen LogP) is 3.88. The lowest BCUT2D eigenvalue weighted by Gasteiger charge is -2.13. The first-order valence-electron chi connectivity index (χ1n) is 10.8. The summed E-state index contributed by atoms with van der Waals surface area (Å²) in [5.41, 5.74) is 0.806. The molecule has 0 saturated carbocycles. The molecule has 0 bridgehead atoms. The number of fused-ring (bicyclic) bond motifs is 1. The highest BCUT2D eigenvalue weighted by molar-refractivity contribution is 7.18. The van der Waals surface area contributed by atoms with Crippen LogP contribution in [-0.4, -0.2) is 28.8 Å². The molecule has 9 heteroatoms. The van der Waals surface area contributed by atoms with Crippen molar-refractivity contribution in [1.29, 1.82) is 0 Å². The second kappa shape index (κ2) is 9.56. The molecule has 0 spiro atoms. The summed E-state index contributed by atoms with van der Waals surface area (Å²) in [5.74, 6) is 0.930. The van der Waals surface area contributed by atoms with Crippen LogP contribution in [0.5, 0.6) is 11.5 Å². The number of methoxy groups -OCH3 is 1. The van der Waals surface area contributed by atoms with Gasteiger partial charge in [0.05, 0.1) is 24.8 Å². The van der Waals surface area contributed by atoms with E-state index in [1.54, 1.807) is 55.6 Å². The third-order valence-electron chi connectivity index (χ3n) is 5.53. The van der Waals surface area contributed by atoms with E-state index >= 15 is 0 Å². The minimum Gasteiger partial charge on any atom is -0.497 e. The minimum atomic E-state index is -0.576. The minimum absolute atomic E-state index is 0.238. The number of anilines is 1. The van der Waals surface area contributed by atoms with Gasteiger partial charge >= 0.3 is 5.69 Å². The molecule has 0 aliphatic carbocycles. The van der Waals surface area contributed by atoms with Crippen LogP contribution in [0.25, 0.3) is 15.9 Å². The van der Waals surface area contributed by atoms with E-state index in [1.165, 1.54) is 15.9 Å². The molecule has 176 valence electrons. The van der Waals surface area contributed by atoms with E-state index in [9.17, 15) is 14.4 Å². The zero-order chi connectivity index (χ0) is 24.4. The van der Waals surface area contributed by atoms with Gasteiger partial charge in [-0.3, -0.25) is 14.2 Å². The van der Waals surface area contributed by atoms with Crippen molar-refractivity contribution in [1.82, 2.24) is 9.13 Å². The van der Waals surface area contributed by atoms with Gasteiger partial charge < -0.3 is 14.8 Å². The van der Waals surface area contributed by atoms with Gasteiger partial charge in [-0.05, 0) is 74.9 Å². The molecule has 8 nitrogen and oxygen atoms in total. The highest BCUT2D eigenvalue weighted by atomic mass is 32.1. The first kappa shape index (κ1) is 23.3. The molecule has 4 aromatic rings. The van der Waals surface area contributed by atoms with Crippen molar-refractivity contribution in [3.8, 4) is 17.2 Å². The number of amides is 1. The van der Waals surface area contributed by atoms with Crippen LogP contribution >= 0.6 is 11.3 Å². The van der Waals surface area contributed by atoms with Gasteiger partial charge in [0.1, 0.15) is 22.9 Å². The molecule has 2 heterocycles. The Kier molecular flexibility index (Phi) is 6.56. The summed E-state index contributed by atoms with van der Waals surface area (Å²) in [4.78, 5) is 41.2. The number of nitrogens with one attached hydrogen (secondary N) is 1. The second-order valence-corrected chi connectivity index (χ2v) is 8.88. The lowest BCUT2D eigenvalue weighted by molar-refractivity contribution is -0.116. The predicted molar refractivity (Wildman–Crippen MR) is 134 cm³/mol. The average Bonchev–Trinajstić information content (AvgIpc) is 3.13. The number of carbonyl (C=O) groups is 1. The molecule has 0 unspecified atom stereocenters. The first-order valence-corrected chi connectivity index (χ1v) is 11.6. The van der Waals surface area contributed by atoms with Crippen LogP contribution in [0.3, 0.4) is 0 Å². The van der Waals surface area contributed by atoms with E-state index < -0.39 is 11.2 Å². The van der Waals surface area contributed by atoms with Gasteiger partial charge in [-0.2, -0.15) is 0 Å². The van der Waals surface area contributed by atoms with Crippen molar-refractivity contribution in [2.45, 2.75) is 27.3 Å². The molecule has 0 radical (unpaired) electrons. The molecule has 0 fully saturated rings. The lowest BCUT2D eigenvalue weighted by Crippen LogP contribution is -2.40. The molecule has 0 aliphatic rings. The molecule has 4 rings (SSSR count). The van der Waals surface area contributed by atoms with Crippen LogP contribution in [0.1, 0.15) is 17.4 Å². The fourth-order valence-electron chi connectivity index (χ4n) is 3.70. The van der Waals surface area contributed by atoms with Crippen molar-refractivity contribution in [2.24, 2.45) is 0 Å². The number of ether oxygens (including phenoxy) is 2. The van der Waals surface area contributed by atoms with Crippen LogP contribution in [0, 0.1) is 13.8 Å². The fourth-order valence-corrected chi connectivity index (χ4v) is 4.84. The normalized spacial score (nSPS) is 10.9. The largest absolute Gasteiger partial charge is 0.497 e. The highest BCUT2D eigenvalue weighted by Gasteiger charge is 2.21. The summed E-state index contributed by atoms with van der Waals surface area (Å²) in [6, 6.07) is 13.6. The summed E-state index contributed by atoms with van der Waals surface area (Å²) in [7, 11) is 1.57. The summed E-state index contributed by atoms with van der Waals surface area (Å²) in [6.45, 7) is 5.90. The van der Waals surface area contributed by atoms with Crippen molar-refractivity contribution in [3.05, 3.63) is 79.8 Å². The average molecular weight is 480 g/mol. The van der Waals surface area contributed by atoms with Crippen LogP contribution < -0.4 is 26.0 Å². The van der Waals surface area contributed by atoms with E-state index in [-0.39, 0.29) is 12.5 Å².